The molecule has 0 nitrogen and oxygen atoms in total. The number of fused-ring (bicyclic) bond motifs is 1. The summed E-state index contributed by atoms with van der Waals surface area (Å²) in [5.74, 6) is 0. The van der Waals surface area contributed by atoms with Crippen LogP contribution in [0.3, 0.4) is 0 Å². The van der Waals surface area contributed by atoms with Gasteiger partial charge in [0.25, 0.3) is 0 Å². The second kappa shape index (κ2) is 3.06. The lowest BCUT2D eigenvalue weighted by atomic mass is 10.1. The molecular weight excluding hydrogens is 160 g/mol. The van der Waals surface area contributed by atoms with E-state index in [9.17, 15) is 0 Å². The highest BCUT2D eigenvalue weighted by Crippen LogP contribution is 2.34. The molecule has 0 aliphatic heterocycles. The van der Waals surface area contributed by atoms with E-state index in [4.69, 9.17) is 0 Å². The Morgan fingerprint density at radius 1 is 1.25 bits per heavy atom. The van der Waals surface area contributed by atoms with Crippen molar-refractivity contribution in [3.05, 3.63) is 35.4 Å². The summed E-state index contributed by atoms with van der Waals surface area (Å²) in [4.78, 5) is 0. The second-order valence-corrected chi connectivity index (χ2v) is 7.38. The number of rotatable bonds is 1. The Morgan fingerprint density at radius 3 is 2.75 bits per heavy atom. The monoisotopic (exact) mass is 176 g/mol. The maximum Gasteiger partial charge on any atom is 0.0388 e. The molecule has 1 unspecified atom stereocenters. The fraction of sp³-hybridized carbons (Fsp3) is 0.455. The molecule has 1 atom stereocenters. The molecule has 1 aromatic carbocycles. The molecule has 2 rings (SSSR count). The van der Waals surface area contributed by atoms with E-state index in [0.717, 1.165) is 5.54 Å². The lowest BCUT2D eigenvalue weighted by molar-refractivity contribution is 0.862. The van der Waals surface area contributed by atoms with Crippen LogP contribution in [0.15, 0.2) is 24.3 Å². The Morgan fingerprint density at radius 2 is 2.00 bits per heavy atom. The Bertz CT molecular complexity index is 278. The summed E-state index contributed by atoms with van der Waals surface area (Å²) in [7, 11) is -0.460. The normalized spacial score (nSPS) is 21.4. The van der Waals surface area contributed by atoms with Gasteiger partial charge < -0.3 is 0 Å². The molecule has 0 aromatic heterocycles. The van der Waals surface area contributed by atoms with Crippen LogP contribution in [0, 0.1) is 0 Å². The third kappa shape index (κ3) is 1.22. The van der Waals surface area contributed by atoms with Crippen LogP contribution < -0.4 is 0 Å². The van der Waals surface area contributed by atoms with E-state index < -0.39 is 8.80 Å². The van der Waals surface area contributed by atoms with Crippen molar-refractivity contribution < 1.29 is 0 Å². The molecule has 0 fully saturated rings. The maximum absolute atomic E-state index is 2.47. The highest BCUT2D eigenvalue weighted by molar-refractivity contribution is 6.57. The summed E-state index contributed by atoms with van der Waals surface area (Å²) in [5, 5.41) is 0. The van der Waals surface area contributed by atoms with Crippen LogP contribution in [-0.4, -0.2) is 8.80 Å². The van der Waals surface area contributed by atoms with Gasteiger partial charge in [-0.3, -0.25) is 0 Å². The Kier molecular flexibility index (Phi) is 2.05. The summed E-state index contributed by atoms with van der Waals surface area (Å²) < 4.78 is 0. The average molecular weight is 176 g/mol. The van der Waals surface area contributed by atoms with Gasteiger partial charge in [0.15, 0.2) is 0 Å². The zero-order valence-electron chi connectivity index (χ0n) is 7.88. The van der Waals surface area contributed by atoms with Crippen molar-refractivity contribution >= 4 is 8.80 Å². The molecule has 1 heteroatoms. The minimum Gasteiger partial charge on any atom is -0.0717 e. The molecule has 0 amide bonds. The highest BCUT2D eigenvalue weighted by atomic mass is 28.3. The summed E-state index contributed by atoms with van der Waals surface area (Å²) in [6.07, 6.45) is 2.75. The van der Waals surface area contributed by atoms with Crippen LogP contribution in [-0.2, 0) is 6.42 Å². The van der Waals surface area contributed by atoms with Gasteiger partial charge in [0.1, 0.15) is 0 Å². The minimum atomic E-state index is -0.460. The van der Waals surface area contributed by atoms with Gasteiger partial charge in [0.05, 0.1) is 0 Å². The molecule has 12 heavy (non-hydrogen) atoms. The fourth-order valence-electron chi connectivity index (χ4n) is 2.28. The zero-order chi connectivity index (χ0) is 8.55. The number of aryl methyl sites for hydroxylation is 1. The Balaban J connectivity index is 2.36. The third-order valence-electron chi connectivity index (χ3n) is 2.98. The van der Waals surface area contributed by atoms with E-state index in [1.165, 1.54) is 12.8 Å². The van der Waals surface area contributed by atoms with Gasteiger partial charge in [-0.2, -0.15) is 0 Å². The van der Waals surface area contributed by atoms with E-state index in [0.29, 0.717) is 0 Å². The van der Waals surface area contributed by atoms with Gasteiger partial charge in [-0.1, -0.05) is 37.4 Å². The van der Waals surface area contributed by atoms with Crippen molar-refractivity contribution in [1.82, 2.24) is 0 Å². The zero-order valence-corrected chi connectivity index (χ0v) is 9.03. The molecular formula is C11H16Si. The van der Waals surface area contributed by atoms with Gasteiger partial charge in [0.2, 0.25) is 0 Å². The van der Waals surface area contributed by atoms with Crippen LogP contribution in [0.1, 0.15) is 23.1 Å². The van der Waals surface area contributed by atoms with Gasteiger partial charge in [-0.15, -0.1) is 0 Å². The summed E-state index contributed by atoms with van der Waals surface area (Å²) in [6.45, 7) is 4.93. The van der Waals surface area contributed by atoms with Crippen molar-refractivity contribution in [2.75, 3.05) is 0 Å². The van der Waals surface area contributed by atoms with Crippen molar-refractivity contribution in [1.29, 1.82) is 0 Å². The fourth-order valence-corrected chi connectivity index (χ4v) is 4.16. The summed E-state index contributed by atoms with van der Waals surface area (Å²) in [6, 6.07) is 8.99. The molecule has 64 valence electrons. The molecule has 1 aliphatic carbocycles. The SMILES string of the molecule is C[SiH](C)C1CCc2ccccc21. The largest absolute Gasteiger partial charge is 0.0717 e. The van der Waals surface area contributed by atoms with Crippen LogP contribution in [0.4, 0.5) is 0 Å². The first-order chi connectivity index (χ1) is 5.79. The third-order valence-corrected chi connectivity index (χ3v) is 5.29. The quantitative estimate of drug-likeness (QED) is 0.577. The van der Waals surface area contributed by atoms with Crippen LogP contribution in [0.2, 0.25) is 13.1 Å². The lowest BCUT2D eigenvalue weighted by Crippen LogP contribution is -2.12. The average Bonchev–Trinajstić information content (AvgIpc) is 2.47. The summed E-state index contributed by atoms with van der Waals surface area (Å²) in [5.41, 5.74) is 4.24. The molecule has 0 heterocycles. The number of benzene rings is 1. The lowest BCUT2D eigenvalue weighted by Gasteiger charge is -2.13. The van der Waals surface area contributed by atoms with Crippen molar-refractivity contribution in [3.8, 4) is 0 Å². The molecule has 1 aliphatic rings. The molecule has 0 spiro atoms. The first-order valence-corrected chi connectivity index (χ1v) is 7.84. The molecule has 0 N–H and O–H groups in total. The number of hydrogen-bond acceptors (Lipinski definition) is 0. The Labute approximate surface area is 76.2 Å². The Hall–Kier alpha value is -0.563. The van der Waals surface area contributed by atoms with Gasteiger partial charge in [0, 0.05) is 8.80 Å². The van der Waals surface area contributed by atoms with Crippen LogP contribution in [0.5, 0.6) is 0 Å². The first kappa shape index (κ1) is 8.05. The molecule has 1 aromatic rings. The van der Waals surface area contributed by atoms with Gasteiger partial charge in [-0.25, -0.2) is 0 Å². The standard InChI is InChI=1S/C11H16Si/c1-12(2)11-8-7-9-5-3-4-6-10(9)11/h3-6,11-12H,7-8H2,1-2H3. The number of hydrogen-bond donors (Lipinski definition) is 0. The predicted molar refractivity (Wildman–Crippen MR) is 56.4 cm³/mol. The van der Waals surface area contributed by atoms with E-state index in [-0.39, 0.29) is 0 Å². The van der Waals surface area contributed by atoms with Crippen molar-refractivity contribution in [2.45, 2.75) is 31.5 Å². The van der Waals surface area contributed by atoms with Gasteiger partial charge in [-0.05, 0) is 29.5 Å². The molecule has 0 saturated heterocycles. The van der Waals surface area contributed by atoms with Crippen LogP contribution >= 0.6 is 0 Å². The van der Waals surface area contributed by atoms with E-state index in [1.807, 2.05) is 0 Å². The van der Waals surface area contributed by atoms with Gasteiger partial charge >= 0.3 is 0 Å². The highest BCUT2D eigenvalue weighted by Gasteiger charge is 2.24. The topological polar surface area (TPSA) is 0 Å². The maximum atomic E-state index is 2.47. The second-order valence-electron chi connectivity index (χ2n) is 4.09. The molecule has 0 saturated carbocycles. The smallest absolute Gasteiger partial charge is 0.0388 e. The summed E-state index contributed by atoms with van der Waals surface area (Å²) >= 11 is 0. The van der Waals surface area contributed by atoms with E-state index in [2.05, 4.69) is 37.4 Å². The van der Waals surface area contributed by atoms with E-state index >= 15 is 0 Å². The van der Waals surface area contributed by atoms with Crippen molar-refractivity contribution in [3.63, 3.8) is 0 Å². The van der Waals surface area contributed by atoms with Crippen LogP contribution in [0.25, 0.3) is 0 Å². The minimum absolute atomic E-state index is 0.460. The molecule has 0 bridgehead atoms. The predicted octanol–water partition coefficient (Wildman–Crippen LogP) is 2.74. The molecule has 0 radical (unpaired) electrons. The first-order valence-electron chi connectivity index (χ1n) is 4.87. The van der Waals surface area contributed by atoms with E-state index in [1.54, 1.807) is 11.1 Å². The van der Waals surface area contributed by atoms with Crippen molar-refractivity contribution in [2.24, 2.45) is 0 Å².